The van der Waals surface area contributed by atoms with E-state index in [0.717, 1.165) is 25.2 Å². The fourth-order valence-corrected chi connectivity index (χ4v) is 1.21. The lowest BCUT2D eigenvalue weighted by Crippen LogP contribution is -2.02. The van der Waals surface area contributed by atoms with Crippen LogP contribution in [0.5, 0.6) is 0 Å². The first-order valence-electron chi connectivity index (χ1n) is 4.20. The van der Waals surface area contributed by atoms with Crippen molar-refractivity contribution in [1.29, 1.82) is 5.26 Å². The van der Waals surface area contributed by atoms with E-state index in [4.69, 9.17) is 10.00 Å². The molecule has 0 bridgehead atoms. The summed E-state index contributed by atoms with van der Waals surface area (Å²) in [5, 5.41) is 8.31. The zero-order valence-electron chi connectivity index (χ0n) is 7.34. The maximum atomic E-state index is 8.31. The van der Waals surface area contributed by atoms with Gasteiger partial charge < -0.3 is 4.74 Å². The molecule has 0 amide bonds. The summed E-state index contributed by atoms with van der Waals surface area (Å²) in [6, 6.07) is 2.07. The van der Waals surface area contributed by atoms with Gasteiger partial charge in [-0.05, 0) is 25.3 Å². The minimum absolute atomic E-state index is 0.483. The molecule has 1 rings (SSSR count). The molecule has 0 fully saturated rings. The molecular formula is C10H13NO. The Morgan fingerprint density at radius 1 is 1.67 bits per heavy atom. The van der Waals surface area contributed by atoms with Crippen LogP contribution in [0.2, 0.25) is 0 Å². The fourth-order valence-electron chi connectivity index (χ4n) is 1.21. The summed E-state index contributed by atoms with van der Waals surface area (Å²) < 4.78 is 5.37. The number of nitrogens with zero attached hydrogens (tertiary/aromatic N) is 1. The molecule has 0 saturated carbocycles. The molecule has 1 aliphatic heterocycles. The Bertz CT molecular complexity index is 245. The number of hydrogen-bond acceptors (Lipinski definition) is 2. The average molecular weight is 163 g/mol. The summed E-state index contributed by atoms with van der Waals surface area (Å²) in [7, 11) is 0. The second kappa shape index (κ2) is 4.61. The van der Waals surface area contributed by atoms with E-state index in [2.05, 4.69) is 6.07 Å². The van der Waals surface area contributed by atoms with Gasteiger partial charge in [-0.15, -0.1) is 0 Å². The van der Waals surface area contributed by atoms with Crippen LogP contribution in [0.4, 0.5) is 0 Å². The third kappa shape index (κ3) is 2.43. The standard InChI is InChI=1S/C10H13NO/c1-9-10(5-2-3-7-11)6-4-8-12-9/h2,5H,3-4,6,8H2,1H3/b5-2-. The van der Waals surface area contributed by atoms with Crippen molar-refractivity contribution in [3.05, 3.63) is 23.5 Å². The lowest BCUT2D eigenvalue weighted by atomic mass is 10.1. The Kier molecular flexibility index (Phi) is 3.40. The van der Waals surface area contributed by atoms with Crippen LogP contribution in [0.3, 0.4) is 0 Å². The predicted molar refractivity (Wildman–Crippen MR) is 47.3 cm³/mol. The summed E-state index contributed by atoms with van der Waals surface area (Å²) in [4.78, 5) is 0. The van der Waals surface area contributed by atoms with E-state index in [-0.39, 0.29) is 0 Å². The zero-order chi connectivity index (χ0) is 8.81. The summed E-state index contributed by atoms with van der Waals surface area (Å²) in [6.07, 6.45) is 6.53. The normalized spacial score (nSPS) is 17.7. The van der Waals surface area contributed by atoms with Crippen molar-refractivity contribution in [1.82, 2.24) is 0 Å². The van der Waals surface area contributed by atoms with Gasteiger partial charge in [-0.1, -0.05) is 12.2 Å². The zero-order valence-corrected chi connectivity index (χ0v) is 7.34. The molecule has 0 aromatic carbocycles. The van der Waals surface area contributed by atoms with Crippen LogP contribution in [0.15, 0.2) is 23.5 Å². The molecule has 0 unspecified atom stereocenters. The second-order valence-electron chi connectivity index (χ2n) is 2.80. The van der Waals surface area contributed by atoms with Crippen LogP contribution >= 0.6 is 0 Å². The monoisotopic (exact) mass is 163 g/mol. The van der Waals surface area contributed by atoms with Crippen molar-refractivity contribution >= 4 is 0 Å². The van der Waals surface area contributed by atoms with Gasteiger partial charge in [-0.3, -0.25) is 0 Å². The number of rotatable bonds is 2. The Morgan fingerprint density at radius 3 is 3.17 bits per heavy atom. The largest absolute Gasteiger partial charge is 0.498 e. The van der Waals surface area contributed by atoms with Crippen LogP contribution in [0.1, 0.15) is 26.2 Å². The Balaban J connectivity index is 2.55. The van der Waals surface area contributed by atoms with Gasteiger partial charge in [0.15, 0.2) is 0 Å². The van der Waals surface area contributed by atoms with Crippen LogP contribution in [-0.2, 0) is 4.74 Å². The number of nitriles is 1. The first-order valence-corrected chi connectivity index (χ1v) is 4.20. The van der Waals surface area contributed by atoms with Crippen LogP contribution in [-0.4, -0.2) is 6.61 Å². The second-order valence-corrected chi connectivity index (χ2v) is 2.80. The van der Waals surface area contributed by atoms with Gasteiger partial charge in [0.25, 0.3) is 0 Å². The van der Waals surface area contributed by atoms with Crippen LogP contribution < -0.4 is 0 Å². The van der Waals surface area contributed by atoms with E-state index < -0.39 is 0 Å². The molecule has 0 aromatic heterocycles. The van der Waals surface area contributed by atoms with Gasteiger partial charge in [-0.2, -0.15) is 5.26 Å². The van der Waals surface area contributed by atoms with Crippen LogP contribution in [0.25, 0.3) is 0 Å². The molecule has 1 heterocycles. The van der Waals surface area contributed by atoms with E-state index in [1.807, 2.05) is 19.1 Å². The van der Waals surface area contributed by atoms with Gasteiger partial charge in [-0.25, -0.2) is 0 Å². The van der Waals surface area contributed by atoms with E-state index in [1.54, 1.807) is 0 Å². The molecule has 0 aliphatic carbocycles. The quantitative estimate of drug-likeness (QED) is 0.626. The smallest absolute Gasteiger partial charge is 0.0960 e. The van der Waals surface area contributed by atoms with Crippen molar-refractivity contribution < 1.29 is 4.74 Å². The van der Waals surface area contributed by atoms with E-state index in [0.29, 0.717) is 6.42 Å². The molecule has 0 atom stereocenters. The van der Waals surface area contributed by atoms with Crippen molar-refractivity contribution in [3.8, 4) is 6.07 Å². The minimum atomic E-state index is 0.483. The molecule has 0 spiro atoms. The minimum Gasteiger partial charge on any atom is -0.498 e. The highest BCUT2D eigenvalue weighted by molar-refractivity contribution is 5.23. The highest BCUT2D eigenvalue weighted by atomic mass is 16.5. The molecule has 2 nitrogen and oxygen atoms in total. The Labute approximate surface area is 73.1 Å². The summed E-state index contributed by atoms with van der Waals surface area (Å²) in [5.41, 5.74) is 1.23. The summed E-state index contributed by atoms with van der Waals surface area (Å²) in [5.74, 6) is 1.01. The molecule has 0 saturated heterocycles. The van der Waals surface area contributed by atoms with Gasteiger partial charge in [0, 0.05) is 0 Å². The third-order valence-electron chi connectivity index (χ3n) is 1.89. The molecule has 12 heavy (non-hydrogen) atoms. The number of ether oxygens (including phenoxy) is 1. The maximum Gasteiger partial charge on any atom is 0.0960 e. The van der Waals surface area contributed by atoms with E-state index in [9.17, 15) is 0 Å². The van der Waals surface area contributed by atoms with Gasteiger partial charge >= 0.3 is 0 Å². The number of hydrogen-bond donors (Lipinski definition) is 0. The number of allylic oxidation sites excluding steroid dienone is 4. The summed E-state index contributed by atoms with van der Waals surface area (Å²) >= 11 is 0. The lowest BCUT2D eigenvalue weighted by molar-refractivity contribution is 0.191. The molecule has 0 aromatic rings. The van der Waals surface area contributed by atoms with Crippen LogP contribution in [0, 0.1) is 11.3 Å². The molecular weight excluding hydrogens is 150 g/mol. The summed E-state index contributed by atoms with van der Waals surface area (Å²) in [6.45, 7) is 2.81. The fraction of sp³-hybridized carbons (Fsp3) is 0.500. The molecule has 0 radical (unpaired) electrons. The predicted octanol–water partition coefficient (Wildman–Crippen LogP) is 2.54. The molecule has 64 valence electrons. The van der Waals surface area contributed by atoms with E-state index >= 15 is 0 Å². The first-order chi connectivity index (χ1) is 5.84. The Hall–Kier alpha value is -1.23. The lowest BCUT2D eigenvalue weighted by Gasteiger charge is -2.15. The third-order valence-corrected chi connectivity index (χ3v) is 1.89. The van der Waals surface area contributed by atoms with Crippen molar-refractivity contribution in [2.75, 3.05) is 6.61 Å². The van der Waals surface area contributed by atoms with Gasteiger partial charge in [0.2, 0.25) is 0 Å². The SMILES string of the molecule is CC1=C(/C=C\CC#N)CCCO1. The molecule has 2 heteroatoms. The first kappa shape index (κ1) is 8.86. The Morgan fingerprint density at radius 2 is 2.50 bits per heavy atom. The van der Waals surface area contributed by atoms with Gasteiger partial charge in [0.1, 0.15) is 0 Å². The highest BCUT2D eigenvalue weighted by Crippen LogP contribution is 2.19. The van der Waals surface area contributed by atoms with Crippen molar-refractivity contribution in [2.45, 2.75) is 26.2 Å². The average Bonchev–Trinajstić information content (AvgIpc) is 2.09. The maximum absolute atomic E-state index is 8.31. The van der Waals surface area contributed by atoms with Crippen molar-refractivity contribution in [3.63, 3.8) is 0 Å². The molecule has 0 N–H and O–H groups in total. The highest BCUT2D eigenvalue weighted by Gasteiger charge is 2.06. The molecule has 1 aliphatic rings. The van der Waals surface area contributed by atoms with Crippen molar-refractivity contribution in [2.24, 2.45) is 0 Å². The van der Waals surface area contributed by atoms with E-state index in [1.165, 1.54) is 5.57 Å². The topological polar surface area (TPSA) is 33.0 Å². The van der Waals surface area contributed by atoms with Gasteiger partial charge in [0.05, 0.1) is 24.9 Å².